The zero-order valence-electron chi connectivity index (χ0n) is 14.4. The molecule has 0 saturated heterocycles. The number of phenols is 1. The number of rotatable bonds is 6. The van der Waals surface area contributed by atoms with Gasteiger partial charge in [0, 0.05) is 24.9 Å². The Morgan fingerprint density at radius 2 is 1.68 bits per heavy atom. The highest BCUT2D eigenvalue weighted by Gasteiger charge is 2.11. The fourth-order valence-electron chi connectivity index (χ4n) is 2.44. The maximum Gasteiger partial charge on any atom is 0.261 e. The Morgan fingerprint density at radius 1 is 1.04 bits per heavy atom. The van der Waals surface area contributed by atoms with Gasteiger partial charge in [0.1, 0.15) is 5.75 Å². The molecule has 0 aromatic heterocycles. The van der Waals surface area contributed by atoms with Crippen molar-refractivity contribution in [2.45, 2.75) is 13.8 Å². The molecular weight excluding hydrogens is 316 g/mol. The van der Waals surface area contributed by atoms with Crippen LogP contribution in [0.5, 0.6) is 5.75 Å². The van der Waals surface area contributed by atoms with Crippen LogP contribution in [0.15, 0.2) is 54.6 Å². The number of anilines is 1. The standard InChI is InChI=1S/C20H22N2O3/c1-3-22(4-2)16-12-9-15(10-13-16)11-14-19(24)21-20(25)17-7-5-6-8-18(17)23/h5-14,23H,3-4H2,1-2H3,(H,21,24,25)/b14-11+. The van der Waals surface area contributed by atoms with Gasteiger partial charge in [0.2, 0.25) is 0 Å². The molecule has 0 heterocycles. The molecule has 2 rings (SSSR count). The first-order valence-corrected chi connectivity index (χ1v) is 8.21. The lowest BCUT2D eigenvalue weighted by Crippen LogP contribution is -2.28. The molecule has 0 unspecified atom stereocenters. The van der Waals surface area contributed by atoms with Crippen LogP contribution in [0, 0.1) is 0 Å². The minimum absolute atomic E-state index is 0.0628. The van der Waals surface area contributed by atoms with Gasteiger partial charge in [0.15, 0.2) is 0 Å². The summed E-state index contributed by atoms with van der Waals surface area (Å²) in [5, 5.41) is 11.8. The van der Waals surface area contributed by atoms with Crippen LogP contribution >= 0.6 is 0 Å². The van der Waals surface area contributed by atoms with E-state index in [0.29, 0.717) is 0 Å². The van der Waals surface area contributed by atoms with Gasteiger partial charge in [-0.15, -0.1) is 0 Å². The lowest BCUT2D eigenvalue weighted by atomic mass is 10.1. The lowest BCUT2D eigenvalue weighted by Gasteiger charge is -2.20. The maximum atomic E-state index is 11.9. The van der Waals surface area contributed by atoms with Gasteiger partial charge in [0.05, 0.1) is 5.56 Å². The minimum Gasteiger partial charge on any atom is -0.507 e. The fraction of sp³-hybridized carbons (Fsp3) is 0.200. The van der Waals surface area contributed by atoms with Crippen molar-refractivity contribution in [2.75, 3.05) is 18.0 Å². The van der Waals surface area contributed by atoms with E-state index < -0.39 is 11.8 Å². The summed E-state index contributed by atoms with van der Waals surface area (Å²) < 4.78 is 0. The van der Waals surface area contributed by atoms with Crippen molar-refractivity contribution in [3.8, 4) is 5.75 Å². The average molecular weight is 338 g/mol. The van der Waals surface area contributed by atoms with E-state index in [1.807, 2.05) is 24.3 Å². The third kappa shape index (κ3) is 4.94. The van der Waals surface area contributed by atoms with Crippen molar-refractivity contribution in [3.63, 3.8) is 0 Å². The molecule has 0 aliphatic rings. The van der Waals surface area contributed by atoms with Crippen LogP contribution in [-0.2, 0) is 4.79 Å². The molecular formula is C20H22N2O3. The highest BCUT2D eigenvalue weighted by molar-refractivity contribution is 6.10. The first-order valence-electron chi connectivity index (χ1n) is 8.21. The molecule has 2 N–H and O–H groups in total. The number of carbonyl (C=O) groups excluding carboxylic acids is 2. The molecule has 0 atom stereocenters. The number of hydrogen-bond donors (Lipinski definition) is 2. The highest BCUT2D eigenvalue weighted by Crippen LogP contribution is 2.16. The van der Waals surface area contributed by atoms with Crippen molar-refractivity contribution in [3.05, 3.63) is 65.7 Å². The Kier molecular flexibility index (Phi) is 6.34. The van der Waals surface area contributed by atoms with Crippen molar-refractivity contribution in [2.24, 2.45) is 0 Å². The molecule has 5 heteroatoms. The predicted octanol–water partition coefficient (Wildman–Crippen LogP) is 3.21. The Bertz CT molecular complexity index is 763. The molecule has 2 aromatic carbocycles. The number of nitrogens with zero attached hydrogens (tertiary/aromatic N) is 1. The van der Waals surface area contributed by atoms with Crippen LogP contribution in [0.1, 0.15) is 29.8 Å². The molecule has 0 fully saturated rings. The summed E-state index contributed by atoms with van der Waals surface area (Å²) >= 11 is 0. The topological polar surface area (TPSA) is 69.6 Å². The summed E-state index contributed by atoms with van der Waals surface area (Å²) in [6.07, 6.45) is 2.93. The number of carbonyl (C=O) groups is 2. The number of imide groups is 1. The zero-order valence-corrected chi connectivity index (χ0v) is 14.4. The predicted molar refractivity (Wildman–Crippen MR) is 99.6 cm³/mol. The smallest absolute Gasteiger partial charge is 0.261 e. The average Bonchev–Trinajstić information content (AvgIpc) is 2.62. The summed E-state index contributed by atoms with van der Waals surface area (Å²) in [7, 11) is 0. The third-order valence-corrected chi connectivity index (χ3v) is 3.83. The maximum absolute atomic E-state index is 11.9. The number of amides is 2. The van der Waals surface area contributed by atoms with E-state index in [2.05, 4.69) is 24.1 Å². The van der Waals surface area contributed by atoms with Crippen molar-refractivity contribution < 1.29 is 14.7 Å². The van der Waals surface area contributed by atoms with Crippen LogP contribution in [0.2, 0.25) is 0 Å². The number of aromatic hydroxyl groups is 1. The molecule has 0 radical (unpaired) electrons. The van der Waals surface area contributed by atoms with Gasteiger partial charge in [-0.2, -0.15) is 0 Å². The van der Waals surface area contributed by atoms with Crippen LogP contribution in [0.4, 0.5) is 5.69 Å². The van der Waals surface area contributed by atoms with E-state index in [4.69, 9.17) is 0 Å². The molecule has 0 aliphatic carbocycles. The number of benzene rings is 2. The highest BCUT2D eigenvalue weighted by atomic mass is 16.3. The molecule has 2 aromatic rings. The van der Waals surface area contributed by atoms with Crippen molar-refractivity contribution >= 4 is 23.6 Å². The number of nitrogens with one attached hydrogen (secondary N) is 1. The molecule has 0 saturated carbocycles. The van der Waals surface area contributed by atoms with Crippen LogP contribution < -0.4 is 10.2 Å². The van der Waals surface area contributed by atoms with Gasteiger partial charge in [-0.1, -0.05) is 24.3 Å². The minimum atomic E-state index is -0.635. The molecule has 0 bridgehead atoms. The van der Waals surface area contributed by atoms with E-state index in [1.54, 1.807) is 18.2 Å². The van der Waals surface area contributed by atoms with Crippen molar-refractivity contribution in [1.82, 2.24) is 5.32 Å². The lowest BCUT2D eigenvalue weighted by molar-refractivity contribution is -0.115. The van der Waals surface area contributed by atoms with Gasteiger partial charge in [-0.25, -0.2) is 0 Å². The number of hydrogen-bond acceptors (Lipinski definition) is 4. The number of para-hydroxylation sites is 1. The van der Waals surface area contributed by atoms with Gasteiger partial charge < -0.3 is 10.0 Å². The Labute approximate surface area is 147 Å². The zero-order chi connectivity index (χ0) is 18.2. The van der Waals surface area contributed by atoms with E-state index in [0.717, 1.165) is 24.3 Å². The first kappa shape index (κ1) is 18.3. The van der Waals surface area contributed by atoms with Gasteiger partial charge in [0.25, 0.3) is 11.8 Å². The van der Waals surface area contributed by atoms with E-state index in [-0.39, 0.29) is 11.3 Å². The largest absolute Gasteiger partial charge is 0.507 e. The summed E-state index contributed by atoms with van der Waals surface area (Å²) in [5.74, 6) is -1.34. The van der Waals surface area contributed by atoms with E-state index in [1.165, 1.54) is 18.2 Å². The number of phenolic OH excluding ortho intramolecular Hbond substituents is 1. The van der Waals surface area contributed by atoms with E-state index in [9.17, 15) is 14.7 Å². The molecule has 25 heavy (non-hydrogen) atoms. The molecule has 5 nitrogen and oxygen atoms in total. The quantitative estimate of drug-likeness (QED) is 0.794. The summed E-state index contributed by atoms with van der Waals surface area (Å²) in [6, 6.07) is 13.9. The van der Waals surface area contributed by atoms with Crippen LogP contribution in [0.25, 0.3) is 6.08 Å². The fourth-order valence-corrected chi connectivity index (χ4v) is 2.44. The van der Waals surface area contributed by atoms with Gasteiger partial charge in [-0.05, 0) is 49.8 Å². The SMILES string of the molecule is CCN(CC)c1ccc(/C=C/C(=O)NC(=O)c2ccccc2O)cc1. The molecule has 130 valence electrons. The monoisotopic (exact) mass is 338 g/mol. The molecule has 2 amide bonds. The van der Waals surface area contributed by atoms with Crippen molar-refractivity contribution in [1.29, 1.82) is 0 Å². The van der Waals surface area contributed by atoms with Crippen LogP contribution in [-0.4, -0.2) is 30.0 Å². The normalized spacial score (nSPS) is 10.6. The van der Waals surface area contributed by atoms with Crippen LogP contribution in [0.3, 0.4) is 0 Å². The molecule has 0 spiro atoms. The Hall–Kier alpha value is -3.08. The summed E-state index contributed by atoms with van der Waals surface area (Å²) in [6.45, 7) is 6.07. The summed E-state index contributed by atoms with van der Waals surface area (Å²) in [5.41, 5.74) is 2.05. The molecule has 0 aliphatic heterocycles. The van der Waals surface area contributed by atoms with Gasteiger partial charge in [-0.3, -0.25) is 14.9 Å². The van der Waals surface area contributed by atoms with Gasteiger partial charge >= 0.3 is 0 Å². The second-order valence-corrected chi connectivity index (χ2v) is 5.43. The second-order valence-electron chi connectivity index (χ2n) is 5.43. The Morgan fingerprint density at radius 3 is 2.28 bits per heavy atom. The first-order chi connectivity index (χ1) is 12.0. The second kappa shape index (κ2) is 8.68. The summed E-state index contributed by atoms with van der Waals surface area (Å²) in [4.78, 5) is 26.0. The third-order valence-electron chi connectivity index (χ3n) is 3.83. The van der Waals surface area contributed by atoms with E-state index >= 15 is 0 Å². The Balaban J connectivity index is 1.98.